The van der Waals surface area contributed by atoms with E-state index in [1.54, 1.807) is 6.08 Å². The molecule has 3 aromatic rings. The molecule has 0 spiro atoms. The Hall–Kier alpha value is -2.58. The second kappa shape index (κ2) is 10.7. The lowest BCUT2D eigenvalue weighted by Crippen LogP contribution is -2.26. The molecule has 0 N–H and O–H groups in total. The van der Waals surface area contributed by atoms with Crippen LogP contribution < -0.4 is 0 Å². The summed E-state index contributed by atoms with van der Waals surface area (Å²) < 4.78 is -0.234. The third-order valence-electron chi connectivity index (χ3n) is 4.84. The molecule has 142 valence electrons. The maximum atomic E-state index is 10.4. The molecule has 3 aromatic carbocycles. The lowest BCUT2D eigenvalue weighted by Gasteiger charge is -2.35. The largest absolute Gasteiger partial charge is 0.299 e. The Kier molecular flexibility index (Phi) is 7.69. The lowest BCUT2D eigenvalue weighted by atomic mass is 9.84. The van der Waals surface area contributed by atoms with E-state index in [2.05, 4.69) is 91.0 Å². The second-order valence-electron chi connectivity index (χ2n) is 6.69. The molecule has 0 unspecified atom stereocenters. The minimum Gasteiger partial charge on any atom is -0.299 e. The highest BCUT2D eigenvalue weighted by Crippen LogP contribution is 2.48. The molecule has 28 heavy (non-hydrogen) atoms. The van der Waals surface area contributed by atoms with Crippen LogP contribution in [-0.4, -0.2) is 12.0 Å². The van der Waals surface area contributed by atoms with E-state index in [1.807, 2.05) is 17.8 Å². The summed E-state index contributed by atoms with van der Waals surface area (Å²) >= 11 is 2.00. The molecule has 0 aliphatic rings. The smallest absolute Gasteiger partial charge is 0.142 e. The number of unbranched alkanes of at least 4 members (excludes halogenated alkanes) is 2. The van der Waals surface area contributed by atoms with Gasteiger partial charge in [0.1, 0.15) is 6.29 Å². The van der Waals surface area contributed by atoms with E-state index >= 15 is 0 Å². The van der Waals surface area contributed by atoms with E-state index in [1.165, 1.54) is 16.7 Å². The molecule has 0 aliphatic heterocycles. The van der Waals surface area contributed by atoms with Crippen molar-refractivity contribution in [2.75, 3.05) is 5.75 Å². The van der Waals surface area contributed by atoms with Gasteiger partial charge in [0.15, 0.2) is 0 Å². The van der Waals surface area contributed by atoms with Crippen LogP contribution in [0, 0.1) is 0 Å². The summed E-state index contributed by atoms with van der Waals surface area (Å²) in [6.45, 7) is 0. The van der Waals surface area contributed by atoms with E-state index in [4.69, 9.17) is 0 Å². The minimum absolute atomic E-state index is 0.234. The normalized spacial score (nSPS) is 11.6. The van der Waals surface area contributed by atoms with E-state index in [-0.39, 0.29) is 4.75 Å². The van der Waals surface area contributed by atoms with Crippen molar-refractivity contribution in [2.45, 2.75) is 24.0 Å². The zero-order valence-corrected chi connectivity index (χ0v) is 16.9. The van der Waals surface area contributed by atoms with Gasteiger partial charge in [-0.05, 0) is 47.8 Å². The quantitative estimate of drug-likeness (QED) is 0.168. The summed E-state index contributed by atoms with van der Waals surface area (Å²) in [5.74, 6) is 1.05. The van der Waals surface area contributed by atoms with Gasteiger partial charge in [-0.3, -0.25) is 4.79 Å². The van der Waals surface area contributed by atoms with Crippen molar-refractivity contribution < 1.29 is 4.79 Å². The number of hydrogen-bond acceptors (Lipinski definition) is 2. The van der Waals surface area contributed by atoms with Crippen LogP contribution in [0.25, 0.3) is 0 Å². The van der Waals surface area contributed by atoms with E-state index < -0.39 is 0 Å². The van der Waals surface area contributed by atoms with Crippen LogP contribution in [0.3, 0.4) is 0 Å². The molecule has 0 heterocycles. The number of rotatable bonds is 10. The summed E-state index contributed by atoms with van der Waals surface area (Å²) in [4.78, 5) is 10.4. The average molecular weight is 387 g/mol. The molecule has 0 saturated carbocycles. The zero-order chi connectivity index (χ0) is 19.5. The predicted octanol–water partition coefficient (Wildman–Crippen LogP) is 6.64. The van der Waals surface area contributed by atoms with Crippen LogP contribution >= 0.6 is 11.8 Å². The van der Waals surface area contributed by atoms with Crippen LogP contribution in [-0.2, 0) is 9.54 Å². The molecule has 0 aliphatic carbocycles. The van der Waals surface area contributed by atoms with E-state index in [0.717, 1.165) is 31.3 Å². The first kappa shape index (κ1) is 20.2. The second-order valence-corrected chi connectivity index (χ2v) is 8.00. The fraction of sp³-hybridized carbons (Fsp3) is 0.192. The standard InChI is InChI=1S/C26H26OS/c27-21-13-2-1-3-14-22-28-26(23-15-7-4-8-16-23,24-17-9-5-10-18-24)25-19-11-6-12-20-25/h2,4-13,15-21H,1,3,14,22H2/b13-2+. The fourth-order valence-corrected chi connectivity index (χ4v) is 5.07. The monoisotopic (exact) mass is 386 g/mol. The Morgan fingerprint density at radius 1 is 0.679 bits per heavy atom. The van der Waals surface area contributed by atoms with Gasteiger partial charge in [-0.1, -0.05) is 97.1 Å². The van der Waals surface area contributed by atoms with Crippen molar-refractivity contribution >= 4 is 18.0 Å². The summed E-state index contributed by atoms with van der Waals surface area (Å²) in [6.07, 6.45) is 7.55. The first-order valence-corrected chi connectivity index (χ1v) is 10.8. The van der Waals surface area contributed by atoms with Crippen molar-refractivity contribution in [2.24, 2.45) is 0 Å². The molecule has 0 fully saturated rings. The molecule has 0 aromatic heterocycles. The highest BCUT2D eigenvalue weighted by molar-refractivity contribution is 8.00. The number of carbonyl (C=O) groups excluding carboxylic acids is 1. The summed E-state index contributed by atoms with van der Waals surface area (Å²) in [7, 11) is 0. The first-order valence-electron chi connectivity index (χ1n) is 9.79. The third kappa shape index (κ3) is 4.82. The molecular formula is C26H26OS. The lowest BCUT2D eigenvalue weighted by molar-refractivity contribution is -0.104. The summed E-state index contributed by atoms with van der Waals surface area (Å²) in [5.41, 5.74) is 3.91. The Balaban J connectivity index is 1.95. The predicted molar refractivity (Wildman–Crippen MR) is 121 cm³/mol. The van der Waals surface area contributed by atoms with Gasteiger partial charge in [0, 0.05) is 0 Å². The Morgan fingerprint density at radius 2 is 1.14 bits per heavy atom. The van der Waals surface area contributed by atoms with Gasteiger partial charge in [0.25, 0.3) is 0 Å². The maximum absolute atomic E-state index is 10.4. The molecule has 0 saturated heterocycles. The summed E-state index contributed by atoms with van der Waals surface area (Å²) in [5, 5.41) is 0. The van der Waals surface area contributed by atoms with Gasteiger partial charge >= 0.3 is 0 Å². The van der Waals surface area contributed by atoms with Gasteiger partial charge < -0.3 is 0 Å². The molecule has 0 radical (unpaired) electrons. The topological polar surface area (TPSA) is 17.1 Å². The summed E-state index contributed by atoms with van der Waals surface area (Å²) in [6, 6.07) is 32.4. The maximum Gasteiger partial charge on any atom is 0.142 e. The Labute approximate surface area is 172 Å². The van der Waals surface area contributed by atoms with Crippen LogP contribution in [0.1, 0.15) is 36.0 Å². The van der Waals surface area contributed by atoms with Crippen molar-refractivity contribution in [3.8, 4) is 0 Å². The van der Waals surface area contributed by atoms with Crippen LogP contribution in [0.5, 0.6) is 0 Å². The molecule has 3 rings (SSSR count). The Bertz CT molecular complexity index is 760. The molecular weight excluding hydrogens is 360 g/mol. The number of allylic oxidation sites excluding steroid dienone is 2. The highest BCUT2D eigenvalue weighted by Gasteiger charge is 2.36. The van der Waals surface area contributed by atoms with Gasteiger partial charge in [-0.25, -0.2) is 0 Å². The van der Waals surface area contributed by atoms with Crippen molar-refractivity contribution in [1.29, 1.82) is 0 Å². The number of thioether (sulfide) groups is 1. The van der Waals surface area contributed by atoms with Gasteiger partial charge in [0.05, 0.1) is 4.75 Å². The molecule has 0 bridgehead atoms. The zero-order valence-electron chi connectivity index (χ0n) is 16.0. The van der Waals surface area contributed by atoms with Crippen LogP contribution in [0.4, 0.5) is 0 Å². The Morgan fingerprint density at radius 3 is 1.57 bits per heavy atom. The minimum atomic E-state index is -0.234. The van der Waals surface area contributed by atoms with E-state index in [9.17, 15) is 4.79 Å². The van der Waals surface area contributed by atoms with Gasteiger partial charge in [-0.2, -0.15) is 0 Å². The first-order chi connectivity index (χ1) is 13.9. The van der Waals surface area contributed by atoms with Crippen LogP contribution in [0.2, 0.25) is 0 Å². The molecule has 2 heteroatoms. The number of aldehydes is 1. The SMILES string of the molecule is O=C/C=C/CCCCSC(c1ccccc1)(c1ccccc1)c1ccccc1. The molecule has 0 amide bonds. The van der Waals surface area contributed by atoms with Crippen molar-refractivity contribution in [3.05, 3.63) is 120 Å². The van der Waals surface area contributed by atoms with Crippen molar-refractivity contribution in [1.82, 2.24) is 0 Å². The molecule has 1 nitrogen and oxygen atoms in total. The molecule has 0 atom stereocenters. The highest BCUT2D eigenvalue weighted by atomic mass is 32.2. The fourth-order valence-electron chi connectivity index (χ4n) is 3.51. The number of benzene rings is 3. The average Bonchev–Trinajstić information content (AvgIpc) is 2.78. The van der Waals surface area contributed by atoms with E-state index in [0.29, 0.717) is 0 Å². The van der Waals surface area contributed by atoms with Gasteiger partial charge in [0.2, 0.25) is 0 Å². The third-order valence-corrected chi connectivity index (χ3v) is 6.47. The van der Waals surface area contributed by atoms with Crippen LogP contribution in [0.15, 0.2) is 103 Å². The number of hydrogen-bond donors (Lipinski definition) is 0. The van der Waals surface area contributed by atoms with Gasteiger partial charge in [-0.15, -0.1) is 11.8 Å². The van der Waals surface area contributed by atoms with Crippen molar-refractivity contribution in [3.63, 3.8) is 0 Å². The number of carbonyl (C=O) groups is 1.